The molecular formula is C14H13F2NO4. The number of hydrogen-bond acceptors (Lipinski definition) is 5. The van der Waals surface area contributed by atoms with Gasteiger partial charge in [0, 0.05) is 0 Å². The van der Waals surface area contributed by atoms with Crippen LogP contribution >= 0.6 is 0 Å². The van der Waals surface area contributed by atoms with E-state index in [0.717, 1.165) is 0 Å². The van der Waals surface area contributed by atoms with Crippen LogP contribution < -0.4 is 10.1 Å². The summed E-state index contributed by atoms with van der Waals surface area (Å²) in [6.07, 6.45) is 1.27. The first kappa shape index (κ1) is 14.8. The van der Waals surface area contributed by atoms with E-state index in [0.29, 0.717) is 11.4 Å². The van der Waals surface area contributed by atoms with Crippen molar-refractivity contribution in [1.82, 2.24) is 0 Å². The van der Waals surface area contributed by atoms with Crippen LogP contribution in [0.2, 0.25) is 0 Å². The van der Waals surface area contributed by atoms with Gasteiger partial charge in [0.15, 0.2) is 0 Å². The Morgan fingerprint density at radius 2 is 2.14 bits per heavy atom. The van der Waals surface area contributed by atoms with Crippen LogP contribution in [0.5, 0.6) is 5.75 Å². The van der Waals surface area contributed by atoms with E-state index in [9.17, 15) is 13.6 Å². The van der Waals surface area contributed by atoms with Crippen molar-refractivity contribution in [1.29, 1.82) is 0 Å². The van der Waals surface area contributed by atoms with E-state index in [-0.39, 0.29) is 17.9 Å². The Bertz CT molecular complexity index is 613. The number of anilines is 1. The molecule has 0 fully saturated rings. The average molecular weight is 297 g/mol. The molecule has 21 heavy (non-hydrogen) atoms. The van der Waals surface area contributed by atoms with Gasteiger partial charge in [0.05, 0.1) is 24.9 Å². The van der Waals surface area contributed by atoms with Crippen LogP contribution in [0.1, 0.15) is 16.1 Å². The lowest BCUT2D eigenvalue weighted by Crippen LogP contribution is -2.06. The van der Waals surface area contributed by atoms with Crippen molar-refractivity contribution in [3.8, 4) is 5.75 Å². The van der Waals surface area contributed by atoms with Crippen LogP contribution in [-0.2, 0) is 11.3 Å². The van der Waals surface area contributed by atoms with Crippen LogP contribution in [-0.4, -0.2) is 19.7 Å². The summed E-state index contributed by atoms with van der Waals surface area (Å²) in [5.41, 5.74) is 0.681. The third-order valence-electron chi connectivity index (χ3n) is 2.63. The number of para-hydroxylation sites is 2. The monoisotopic (exact) mass is 297 g/mol. The number of ether oxygens (including phenoxy) is 2. The van der Waals surface area contributed by atoms with Gasteiger partial charge >= 0.3 is 12.6 Å². The Kier molecular flexibility index (Phi) is 4.76. The van der Waals surface area contributed by atoms with E-state index in [1.165, 1.54) is 25.5 Å². The van der Waals surface area contributed by atoms with Gasteiger partial charge in [0.25, 0.3) is 0 Å². The Labute approximate surface area is 119 Å². The van der Waals surface area contributed by atoms with Gasteiger partial charge in [-0.2, -0.15) is 8.78 Å². The van der Waals surface area contributed by atoms with Gasteiger partial charge in [0.1, 0.15) is 17.8 Å². The molecule has 0 radical (unpaired) electrons. The smallest absolute Gasteiger partial charge is 0.387 e. The van der Waals surface area contributed by atoms with Gasteiger partial charge < -0.3 is 19.2 Å². The fourth-order valence-electron chi connectivity index (χ4n) is 1.69. The fraction of sp³-hybridized carbons (Fsp3) is 0.214. The number of esters is 1. The molecule has 1 aromatic carbocycles. The highest BCUT2D eigenvalue weighted by Crippen LogP contribution is 2.26. The molecule has 0 bridgehead atoms. The molecule has 0 unspecified atom stereocenters. The molecule has 2 aromatic rings. The zero-order chi connectivity index (χ0) is 15.2. The van der Waals surface area contributed by atoms with Crippen LogP contribution in [0.15, 0.2) is 41.0 Å². The average Bonchev–Trinajstić information content (AvgIpc) is 2.94. The number of hydrogen-bond donors (Lipinski definition) is 1. The molecule has 7 heteroatoms. The van der Waals surface area contributed by atoms with Crippen molar-refractivity contribution < 1.29 is 27.5 Å². The van der Waals surface area contributed by atoms with Crippen molar-refractivity contribution in [2.75, 3.05) is 12.4 Å². The first-order valence-electron chi connectivity index (χ1n) is 6.03. The molecule has 0 atom stereocenters. The van der Waals surface area contributed by atoms with Gasteiger partial charge in [-0.25, -0.2) is 4.79 Å². The molecule has 5 nitrogen and oxygen atoms in total. The summed E-state index contributed by atoms with van der Waals surface area (Å²) < 4.78 is 38.7. The molecule has 2 rings (SSSR count). The summed E-state index contributed by atoms with van der Waals surface area (Å²) in [5.74, 6) is -0.0130. The molecule has 1 aromatic heterocycles. The number of halogens is 2. The third-order valence-corrected chi connectivity index (χ3v) is 2.63. The molecule has 0 aliphatic carbocycles. The Morgan fingerprint density at radius 1 is 1.38 bits per heavy atom. The summed E-state index contributed by atoms with van der Waals surface area (Å²) in [7, 11) is 1.27. The fourth-order valence-corrected chi connectivity index (χ4v) is 1.69. The number of furan rings is 1. The zero-order valence-electron chi connectivity index (χ0n) is 11.1. The van der Waals surface area contributed by atoms with Gasteiger partial charge in [-0.05, 0) is 18.2 Å². The molecule has 0 saturated heterocycles. The van der Waals surface area contributed by atoms with Crippen molar-refractivity contribution in [2.45, 2.75) is 13.2 Å². The van der Waals surface area contributed by atoms with Crippen molar-refractivity contribution in [3.05, 3.63) is 47.9 Å². The lowest BCUT2D eigenvalue weighted by molar-refractivity contribution is -0.0493. The minimum atomic E-state index is -2.90. The van der Waals surface area contributed by atoms with Gasteiger partial charge in [0.2, 0.25) is 0 Å². The first-order chi connectivity index (χ1) is 10.1. The predicted molar refractivity (Wildman–Crippen MR) is 70.4 cm³/mol. The Morgan fingerprint density at radius 3 is 2.86 bits per heavy atom. The summed E-state index contributed by atoms with van der Waals surface area (Å²) in [4.78, 5) is 11.3. The van der Waals surface area contributed by atoms with Gasteiger partial charge in [-0.3, -0.25) is 0 Å². The number of carbonyl (C=O) groups excluding carboxylic acids is 1. The molecule has 0 spiro atoms. The van der Waals surface area contributed by atoms with Crippen molar-refractivity contribution in [3.63, 3.8) is 0 Å². The molecule has 0 aliphatic rings. The van der Waals surface area contributed by atoms with E-state index in [1.807, 2.05) is 0 Å². The van der Waals surface area contributed by atoms with Crippen LogP contribution in [0.25, 0.3) is 0 Å². The molecule has 1 heterocycles. The standard InChI is InChI=1S/C14H13F2NO4/c1-19-13(18)9-6-10(20-8-9)7-17-11-4-2-3-5-12(11)21-14(15)16/h2-6,8,14,17H,7H2,1H3. The van der Waals surface area contributed by atoms with Gasteiger partial charge in [-0.1, -0.05) is 12.1 Å². The maximum Gasteiger partial charge on any atom is 0.387 e. The maximum atomic E-state index is 12.3. The lowest BCUT2D eigenvalue weighted by Gasteiger charge is -2.11. The van der Waals surface area contributed by atoms with E-state index in [4.69, 9.17) is 4.42 Å². The quantitative estimate of drug-likeness (QED) is 0.829. The molecule has 0 aliphatic heterocycles. The normalized spacial score (nSPS) is 10.5. The summed E-state index contributed by atoms with van der Waals surface area (Å²) >= 11 is 0. The summed E-state index contributed by atoms with van der Waals surface area (Å²) in [6, 6.07) is 7.81. The summed E-state index contributed by atoms with van der Waals surface area (Å²) in [6.45, 7) is -2.69. The van der Waals surface area contributed by atoms with Crippen molar-refractivity contribution >= 4 is 11.7 Å². The SMILES string of the molecule is COC(=O)c1coc(CNc2ccccc2OC(F)F)c1. The van der Waals surface area contributed by atoms with Crippen LogP contribution in [0, 0.1) is 0 Å². The molecular weight excluding hydrogens is 284 g/mol. The minimum Gasteiger partial charge on any atom is -0.467 e. The van der Waals surface area contributed by atoms with E-state index in [2.05, 4.69) is 14.8 Å². The molecule has 112 valence electrons. The topological polar surface area (TPSA) is 60.7 Å². The maximum absolute atomic E-state index is 12.3. The number of alkyl halides is 2. The molecule has 0 amide bonds. The highest BCUT2D eigenvalue weighted by Gasteiger charge is 2.12. The largest absolute Gasteiger partial charge is 0.467 e. The number of rotatable bonds is 6. The minimum absolute atomic E-state index is 0.0345. The van der Waals surface area contributed by atoms with Gasteiger partial charge in [-0.15, -0.1) is 0 Å². The third kappa shape index (κ3) is 3.95. The van der Waals surface area contributed by atoms with E-state index in [1.54, 1.807) is 18.2 Å². The van der Waals surface area contributed by atoms with Crippen LogP contribution in [0.3, 0.4) is 0 Å². The van der Waals surface area contributed by atoms with E-state index >= 15 is 0 Å². The predicted octanol–water partition coefficient (Wildman–Crippen LogP) is 3.28. The second-order valence-corrected chi connectivity index (χ2v) is 4.02. The number of carbonyl (C=O) groups is 1. The Hall–Kier alpha value is -2.57. The second kappa shape index (κ2) is 6.74. The Balaban J connectivity index is 2.03. The molecule has 1 N–H and O–H groups in total. The lowest BCUT2D eigenvalue weighted by atomic mass is 10.2. The highest BCUT2D eigenvalue weighted by atomic mass is 19.3. The zero-order valence-corrected chi connectivity index (χ0v) is 11.1. The summed E-state index contributed by atoms with van der Waals surface area (Å²) in [5, 5.41) is 2.90. The van der Waals surface area contributed by atoms with Crippen molar-refractivity contribution in [2.24, 2.45) is 0 Å². The van der Waals surface area contributed by atoms with Crippen LogP contribution in [0.4, 0.5) is 14.5 Å². The highest BCUT2D eigenvalue weighted by molar-refractivity contribution is 5.89. The number of benzene rings is 1. The number of methoxy groups -OCH3 is 1. The van der Waals surface area contributed by atoms with E-state index < -0.39 is 12.6 Å². The first-order valence-corrected chi connectivity index (χ1v) is 6.03. The number of nitrogens with one attached hydrogen (secondary N) is 1. The second-order valence-electron chi connectivity index (χ2n) is 4.02. The molecule has 0 saturated carbocycles.